The highest BCUT2D eigenvalue weighted by Crippen LogP contribution is 2.13. The molecule has 0 aromatic carbocycles. The number of rotatable bonds is 2. The molecule has 1 N–H and O–H groups in total. The van der Waals surface area contributed by atoms with Crippen LogP contribution in [-0.2, 0) is 10.2 Å². The van der Waals surface area contributed by atoms with Crippen LogP contribution in [0.25, 0.3) is 0 Å². The van der Waals surface area contributed by atoms with Gasteiger partial charge in [0.1, 0.15) is 0 Å². The Balaban J connectivity index is 2.43. The van der Waals surface area contributed by atoms with Gasteiger partial charge in [0.2, 0.25) is 0 Å². The van der Waals surface area contributed by atoms with Gasteiger partial charge in [0.15, 0.2) is 0 Å². The molecule has 0 bridgehead atoms. The second kappa shape index (κ2) is 3.70. The molecule has 12 heavy (non-hydrogen) atoms. The lowest BCUT2D eigenvalue weighted by molar-refractivity contribution is 0.351. The largest absolute Gasteiger partial charge is 0.310 e. The van der Waals surface area contributed by atoms with E-state index in [-0.39, 0.29) is 11.8 Å². The maximum atomic E-state index is 12.2. The van der Waals surface area contributed by atoms with E-state index in [2.05, 4.69) is 5.32 Å². The van der Waals surface area contributed by atoms with E-state index in [0.29, 0.717) is 6.04 Å². The summed E-state index contributed by atoms with van der Waals surface area (Å²) in [4.78, 5) is 0. The van der Waals surface area contributed by atoms with Gasteiger partial charge in [0.25, 0.3) is 0 Å². The van der Waals surface area contributed by atoms with Crippen molar-refractivity contribution < 1.29 is 12.3 Å². The van der Waals surface area contributed by atoms with Crippen LogP contribution in [0.3, 0.4) is 0 Å². The van der Waals surface area contributed by atoms with Crippen molar-refractivity contribution in [1.82, 2.24) is 5.32 Å². The molecular weight excluding hydrogens is 181 g/mol. The first-order chi connectivity index (χ1) is 5.47. The Hall–Kier alpha value is -0.160. The van der Waals surface area contributed by atoms with Crippen LogP contribution in [0.5, 0.6) is 0 Å². The van der Waals surface area contributed by atoms with Crippen LogP contribution in [0, 0.1) is 0 Å². The molecule has 1 aliphatic heterocycles. The lowest BCUT2D eigenvalue weighted by Crippen LogP contribution is -2.43. The van der Waals surface area contributed by atoms with E-state index in [4.69, 9.17) is 0 Å². The van der Waals surface area contributed by atoms with Crippen molar-refractivity contribution >= 4 is 10.2 Å². The average Bonchev–Trinajstić information content (AvgIpc) is 1.82. The third-order valence-electron chi connectivity index (χ3n) is 2.11. The molecule has 0 radical (unpaired) electrons. The molecule has 0 saturated carbocycles. The van der Waals surface area contributed by atoms with Crippen LogP contribution < -0.4 is 5.32 Å². The van der Waals surface area contributed by atoms with E-state index in [1.165, 1.54) is 0 Å². The fraction of sp³-hybridized carbons (Fsp3) is 1.00. The Kier molecular flexibility index (Phi) is 3.06. The van der Waals surface area contributed by atoms with E-state index in [9.17, 15) is 12.3 Å². The van der Waals surface area contributed by atoms with Crippen LogP contribution in [0.4, 0.5) is 3.89 Å². The molecule has 0 aromatic rings. The Morgan fingerprint density at radius 3 is 2.67 bits per heavy atom. The number of piperidine rings is 1. The molecular formula is C7H14FNO2S. The molecule has 1 rings (SSSR count). The second-order valence-corrected chi connectivity index (χ2v) is 4.81. The normalized spacial score (nSPS) is 31.8. The quantitative estimate of drug-likeness (QED) is 0.663. The lowest BCUT2D eigenvalue weighted by atomic mass is 10.0. The van der Waals surface area contributed by atoms with Crippen molar-refractivity contribution in [3.05, 3.63) is 0 Å². The molecule has 1 aliphatic rings. The minimum atomic E-state index is -4.31. The van der Waals surface area contributed by atoms with Gasteiger partial charge in [-0.2, -0.15) is 8.42 Å². The van der Waals surface area contributed by atoms with Gasteiger partial charge in [-0.25, -0.2) is 0 Å². The highest BCUT2D eigenvalue weighted by Gasteiger charge is 2.22. The van der Waals surface area contributed by atoms with Crippen LogP contribution in [0.1, 0.15) is 26.2 Å². The third kappa shape index (κ3) is 3.49. The second-order valence-electron chi connectivity index (χ2n) is 3.40. The molecule has 0 aliphatic carbocycles. The molecule has 5 heteroatoms. The molecule has 1 heterocycles. The fourth-order valence-corrected chi connectivity index (χ4v) is 2.35. The van der Waals surface area contributed by atoms with Crippen LogP contribution in [0.2, 0.25) is 0 Å². The summed E-state index contributed by atoms with van der Waals surface area (Å²) in [6.07, 6.45) is 2.78. The highest BCUT2D eigenvalue weighted by atomic mass is 32.3. The van der Waals surface area contributed by atoms with E-state index < -0.39 is 10.2 Å². The van der Waals surface area contributed by atoms with E-state index in [1.54, 1.807) is 0 Å². The summed E-state index contributed by atoms with van der Waals surface area (Å²) in [6, 6.07) is 0.120. The summed E-state index contributed by atoms with van der Waals surface area (Å²) in [5.74, 6) is -0.378. The molecule has 1 saturated heterocycles. The van der Waals surface area contributed by atoms with Gasteiger partial charge in [-0.05, 0) is 19.8 Å². The zero-order chi connectivity index (χ0) is 9.19. The Labute approximate surface area is 72.6 Å². The zero-order valence-electron chi connectivity index (χ0n) is 7.09. The zero-order valence-corrected chi connectivity index (χ0v) is 7.90. The maximum absolute atomic E-state index is 12.2. The Morgan fingerprint density at radius 1 is 1.50 bits per heavy atom. The van der Waals surface area contributed by atoms with Crippen LogP contribution in [0.15, 0.2) is 0 Å². The topological polar surface area (TPSA) is 46.2 Å². The molecule has 0 spiro atoms. The van der Waals surface area contributed by atoms with Crippen molar-refractivity contribution in [1.29, 1.82) is 0 Å². The summed E-state index contributed by atoms with van der Waals surface area (Å²) < 4.78 is 32.8. The first-order valence-electron chi connectivity index (χ1n) is 4.16. The summed E-state index contributed by atoms with van der Waals surface area (Å²) in [5, 5.41) is 3.05. The molecule has 0 amide bonds. The predicted molar refractivity (Wildman–Crippen MR) is 45.1 cm³/mol. The van der Waals surface area contributed by atoms with Gasteiger partial charge in [0, 0.05) is 12.1 Å². The number of hydrogen-bond acceptors (Lipinski definition) is 3. The highest BCUT2D eigenvalue weighted by molar-refractivity contribution is 7.86. The summed E-state index contributed by atoms with van der Waals surface area (Å²) in [6.45, 7) is 1.98. The minimum absolute atomic E-state index is 0.191. The van der Waals surface area contributed by atoms with Crippen LogP contribution in [-0.4, -0.2) is 26.3 Å². The smallest absolute Gasteiger partial charge is 0.303 e. The first kappa shape index (κ1) is 9.92. The summed E-state index contributed by atoms with van der Waals surface area (Å²) in [7, 11) is -4.31. The van der Waals surface area contributed by atoms with Gasteiger partial charge in [0.05, 0.1) is 5.75 Å². The summed E-state index contributed by atoms with van der Waals surface area (Å²) in [5.41, 5.74) is 0. The van der Waals surface area contributed by atoms with Crippen LogP contribution >= 0.6 is 0 Å². The number of hydrogen-bond donors (Lipinski definition) is 1. The molecule has 1 fully saturated rings. The molecule has 0 aromatic heterocycles. The van der Waals surface area contributed by atoms with Crippen molar-refractivity contribution in [2.45, 2.75) is 38.3 Å². The first-order valence-corrected chi connectivity index (χ1v) is 5.71. The average molecular weight is 195 g/mol. The van der Waals surface area contributed by atoms with Gasteiger partial charge >= 0.3 is 10.2 Å². The Morgan fingerprint density at radius 2 is 2.17 bits per heavy atom. The molecule has 2 unspecified atom stereocenters. The number of nitrogens with one attached hydrogen (secondary N) is 1. The van der Waals surface area contributed by atoms with E-state index in [1.807, 2.05) is 6.92 Å². The molecule has 3 nitrogen and oxygen atoms in total. The van der Waals surface area contributed by atoms with Crippen molar-refractivity contribution in [2.75, 3.05) is 5.75 Å². The Bertz CT molecular complexity index is 240. The van der Waals surface area contributed by atoms with Crippen molar-refractivity contribution in [2.24, 2.45) is 0 Å². The van der Waals surface area contributed by atoms with Crippen molar-refractivity contribution in [3.63, 3.8) is 0 Å². The fourth-order valence-electron chi connectivity index (χ4n) is 1.61. The monoisotopic (exact) mass is 195 g/mol. The standard InChI is InChI=1S/C7H14FNO2S/c1-6-3-2-4-7(9-6)5-12(8,10)11/h6-7,9H,2-5H2,1H3. The molecule has 72 valence electrons. The van der Waals surface area contributed by atoms with Gasteiger partial charge < -0.3 is 5.32 Å². The summed E-state index contributed by atoms with van der Waals surface area (Å²) >= 11 is 0. The van der Waals surface area contributed by atoms with Gasteiger partial charge in [-0.1, -0.05) is 6.42 Å². The van der Waals surface area contributed by atoms with E-state index in [0.717, 1.165) is 19.3 Å². The minimum Gasteiger partial charge on any atom is -0.310 e. The number of halogens is 1. The maximum Gasteiger partial charge on any atom is 0.303 e. The predicted octanol–water partition coefficient (Wildman–Crippen LogP) is 0.816. The van der Waals surface area contributed by atoms with Gasteiger partial charge in [-0.15, -0.1) is 3.89 Å². The molecule has 2 atom stereocenters. The van der Waals surface area contributed by atoms with Gasteiger partial charge in [-0.3, -0.25) is 0 Å². The van der Waals surface area contributed by atoms with Crippen molar-refractivity contribution in [3.8, 4) is 0 Å². The van der Waals surface area contributed by atoms with E-state index >= 15 is 0 Å². The SMILES string of the molecule is CC1CCCC(CS(=O)(=O)F)N1. The third-order valence-corrected chi connectivity index (χ3v) is 2.91. The lowest BCUT2D eigenvalue weighted by Gasteiger charge is -2.27.